The summed E-state index contributed by atoms with van der Waals surface area (Å²) < 4.78 is 43.5. The van der Waals surface area contributed by atoms with Crippen LogP contribution < -0.4 is 15.4 Å². The first-order chi connectivity index (χ1) is 23.4. The predicted octanol–water partition coefficient (Wildman–Crippen LogP) is -1.25. The van der Waals surface area contributed by atoms with Crippen molar-refractivity contribution in [2.45, 2.75) is 24.1 Å². The van der Waals surface area contributed by atoms with Crippen LogP contribution in [0.1, 0.15) is 33.6 Å². The Morgan fingerprint density at radius 3 is 1.79 bits per heavy atom. The Balaban J connectivity index is 1.13. The number of hydrogen-bond acceptors (Lipinski definition) is 13. The summed E-state index contributed by atoms with van der Waals surface area (Å²) in [6.45, 7) is 6.54. The first-order valence-corrected chi connectivity index (χ1v) is 17.6. The number of imide groups is 2. The third kappa shape index (κ3) is 13.9. The Morgan fingerprint density at radius 1 is 0.750 bits per heavy atom. The number of benzene rings is 1. The second-order valence-electron chi connectivity index (χ2n) is 10.3. The summed E-state index contributed by atoms with van der Waals surface area (Å²) in [5, 5.41) is 5.86. The Labute approximate surface area is 288 Å². The summed E-state index contributed by atoms with van der Waals surface area (Å²) in [4.78, 5) is 62.9. The van der Waals surface area contributed by atoms with E-state index in [1.807, 2.05) is 0 Å². The van der Waals surface area contributed by atoms with E-state index < -0.39 is 42.2 Å². The molecule has 268 valence electrons. The maximum atomic E-state index is 13.1. The molecular weight excluding hydrogens is 697 g/mol. The molecule has 5 amide bonds. The van der Waals surface area contributed by atoms with E-state index in [0.29, 0.717) is 79.3 Å². The van der Waals surface area contributed by atoms with E-state index in [0.717, 1.165) is 16.7 Å². The summed E-state index contributed by atoms with van der Waals surface area (Å²) in [5.41, 5.74) is 0.0450. The molecule has 17 heteroatoms. The first kappa shape index (κ1) is 39.5. The second-order valence-corrected chi connectivity index (χ2v) is 11.6. The van der Waals surface area contributed by atoms with Crippen LogP contribution in [-0.4, -0.2) is 163 Å². The van der Waals surface area contributed by atoms with E-state index >= 15 is 0 Å². The topological polar surface area (TPSA) is 186 Å². The van der Waals surface area contributed by atoms with Crippen molar-refractivity contribution >= 4 is 46.4 Å². The number of hydrogen-bond donors (Lipinski definition) is 2. The molecule has 2 heterocycles. The summed E-state index contributed by atoms with van der Waals surface area (Å²) in [7, 11) is 0. The van der Waals surface area contributed by atoms with Crippen molar-refractivity contribution in [2.24, 2.45) is 0 Å². The van der Waals surface area contributed by atoms with E-state index in [-0.39, 0.29) is 42.9 Å². The van der Waals surface area contributed by atoms with Crippen LogP contribution in [0.2, 0.25) is 5.21 Å². The van der Waals surface area contributed by atoms with Crippen molar-refractivity contribution in [3.63, 3.8) is 0 Å². The Morgan fingerprint density at radius 2 is 1.27 bits per heavy atom. The summed E-state index contributed by atoms with van der Waals surface area (Å²) in [6, 6.07) is 3.34. The number of fused-ring (bicyclic) bond motifs is 1. The van der Waals surface area contributed by atoms with E-state index in [1.165, 1.54) is 18.2 Å². The van der Waals surface area contributed by atoms with Crippen LogP contribution >= 0.6 is 0 Å². The van der Waals surface area contributed by atoms with E-state index in [1.54, 1.807) is 16.9 Å². The summed E-state index contributed by atoms with van der Waals surface area (Å²) in [5.74, 6) is -2.93. The SMILES string of the molecule is O=C(COc1cccc2c1C(=O)N(C1CCC(=O)NC1=O)C2=O)NCCOCCOCCOCCOCCOCCOCCOCC[AsH2]. The number of piperidine rings is 1. The number of carbonyl (C=O) groups excluding carboxylic acids is 5. The molecule has 2 atom stereocenters. The molecule has 3 rings (SSSR count). The Kier molecular flexibility index (Phi) is 19.3. The van der Waals surface area contributed by atoms with Crippen molar-refractivity contribution in [1.29, 1.82) is 0 Å². The molecule has 0 radical (unpaired) electrons. The van der Waals surface area contributed by atoms with Crippen LogP contribution in [0, 0.1) is 0 Å². The third-order valence-electron chi connectivity index (χ3n) is 6.85. The normalized spacial score (nSPS) is 15.9. The molecule has 2 N–H and O–H groups in total. The Bertz CT molecular complexity index is 1190. The minimum atomic E-state index is -1.09. The van der Waals surface area contributed by atoms with Crippen molar-refractivity contribution in [3.8, 4) is 5.75 Å². The molecule has 0 aromatic heterocycles. The fraction of sp³-hybridized carbons (Fsp3) is 0.645. The van der Waals surface area contributed by atoms with Gasteiger partial charge in [0.2, 0.25) is 11.8 Å². The zero-order chi connectivity index (χ0) is 34.4. The molecule has 2 aliphatic rings. The van der Waals surface area contributed by atoms with Gasteiger partial charge in [-0.2, -0.15) is 0 Å². The van der Waals surface area contributed by atoms with Crippen molar-refractivity contribution < 1.29 is 61.9 Å². The van der Waals surface area contributed by atoms with Crippen molar-refractivity contribution in [1.82, 2.24) is 15.5 Å². The second kappa shape index (κ2) is 23.4. The van der Waals surface area contributed by atoms with Gasteiger partial charge in [0.15, 0.2) is 6.61 Å². The van der Waals surface area contributed by atoms with Gasteiger partial charge in [-0.05, 0) is 18.6 Å². The number of nitrogens with one attached hydrogen (secondary N) is 2. The van der Waals surface area contributed by atoms with Gasteiger partial charge >= 0.3 is 87.3 Å². The zero-order valence-electron chi connectivity index (χ0n) is 27.1. The zero-order valence-corrected chi connectivity index (χ0v) is 29.5. The fourth-order valence-corrected chi connectivity index (χ4v) is 4.92. The average Bonchev–Trinajstić information content (AvgIpc) is 3.33. The molecule has 2 unspecified atom stereocenters. The molecule has 0 aliphatic carbocycles. The van der Waals surface area contributed by atoms with Crippen LogP contribution in [0.5, 0.6) is 5.75 Å². The third-order valence-corrected chi connectivity index (χ3v) is 7.35. The molecule has 48 heavy (non-hydrogen) atoms. The van der Waals surface area contributed by atoms with Crippen LogP contribution in [0.4, 0.5) is 0 Å². The number of rotatable bonds is 27. The van der Waals surface area contributed by atoms with Gasteiger partial charge in [-0.25, -0.2) is 0 Å². The molecule has 0 spiro atoms. The average molecular weight is 744 g/mol. The van der Waals surface area contributed by atoms with Crippen molar-refractivity contribution in [3.05, 3.63) is 29.3 Å². The van der Waals surface area contributed by atoms with E-state index in [4.69, 9.17) is 37.9 Å². The minimum absolute atomic E-state index is 0.0155. The van der Waals surface area contributed by atoms with Crippen LogP contribution in [0.25, 0.3) is 0 Å². The monoisotopic (exact) mass is 743 g/mol. The van der Waals surface area contributed by atoms with Gasteiger partial charge in [-0.15, -0.1) is 0 Å². The molecule has 1 saturated heterocycles. The van der Waals surface area contributed by atoms with E-state index in [2.05, 4.69) is 10.6 Å². The standard InChI is InChI=1S/C31H46AsN3O13/c32-6-8-41-10-12-43-14-16-45-18-20-47-21-19-46-17-15-44-13-11-42-9-7-33-27(37)22-48-25-3-1-2-23-28(25)31(40)35(30(23)39)24-4-5-26(36)34-29(24)38/h1-3,24H,4-22,32H2,(H,33,37)(H,34,36,38). The quantitative estimate of drug-likeness (QED) is 0.0620. The number of carbonyl (C=O) groups is 5. The number of ether oxygens (including phenoxy) is 8. The van der Waals surface area contributed by atoms with Crippen LogP contribution in [-0.2, 0) is 47.5 Å². The molecule has 16 nitrogen and oxygen atoms in total. The van der Waals surface area contributed by atoms with Gasteiger partial charge in [0.05, 0.1) is 57.4 Å². The Hall–Kier alpha value is -2.95. The molecule has 1 aromatic carbocycles. The maximum absolute atomic E-state index is 13.1. The molecule has 1 aromatic rings. The first-order valence-electron chi connectivity index (χ1n) is 15.9. The van der Waals surface area contributed by atoms with Gasteiger partial charge in [-0.1, -0.05) is 6.07 Å². The predicted molar refractivity (Wildman–Crippen MR) is 171 cm³/mol. The van der Waals surface area contributed by atoms with Crippen LogP contribution in [0.3, 0.4) is 0 Å². The van der Waals surface area contributed by atoms with Gasteiger partial charge in [0.25, 0.3) is 17.7 Å². The van der Waals surface area contributed by atoms with Gasteiger partial charge in [-0.3, -0.25) is 34.2 Å². The van der Waals surface area contributed by atoms with Crippen molar-refractivity contribution in [2.75, 3.05) is 106 Å². The summed E-state index contributed by atoms with van der Waals surface area (Å²) >= 11 is 1.66. The molecule has 1 fully saturated rings. The fourth-order valence-electron chi connectivity index (χ4n) is 4.57. The van der Waals surface area contributed by atoms with E-state index in [9.17, 15) is 24.0 Å². The van der Waals surface area contributed by atoms with Gasteiger partial charge in [0.1, 0.15) is 11.8 Å². The molecule has 0 saturated carbocycles. The molecule has 0 bridgehead atoms. The number of amides is 5. The van der Waals surface area contributed by atoms with Gasteiger partial charge < -0.3 is 24.3 Å². The van der Waals surface area contributed by atoms with Crippen LogP contribution in [0.15, 0.2) is 18.2 Å². The molecular formula is C31H46AsN3O13. The number of nitrogens with zero attached hydrogens (tertiary/aromatic N) is 1. The van der Waals surface area contributed by atoms with Gasteiger partial charge in [0, 0.05) is 13.0 Å². The summed E-state index contributed by atoms with van der Waals surface area (Å²) in [6.07, 6.45) is 0.0563. The molecule has 2 aliphatic heterocycles.